The van der Waals surface area contributed by atoms with Gasteiger partial charge in [-0.1, -0.05) is 18.2 Å². The number of aromatic nitrogens is 5. The number of nitrogens with zero attached hydrogens (tertiary/aromatic N) is 5. The van der Waals surface area contributed by atoms with E-state index in [0.717, 1.165) is 42.5 Å². The molecule has 0 aliphatic heterocycles. The Morgan fingerprint density at radius 1 is 1.02 bits per heavy atom. The zero-order chi connectivity index (χ0) is 33.7. The molecule has 2 amide bonds. The highest BCUT2D eigenvalue weighted by atomic mass is 19.1. The second-order valence-corrected chi connectivity index (χ2v) is 13.3. The van der Waals surface area contributed by atoms with Crippen molar-refractivity contribution in [2.75, 3.05) is 10.6 Å². The van der Waals surface area contributed by atoms with Crippen LogP contribution in [-0.4, -0.2) is 60.2 Å². The van der Waals surface area contributed by atoms with E-state index in [1.165, 1.54) is 12.1 Å². The summed E-state index contributed by atoms with van der Waals surface area (Å²) in [4.78, 5) is 43.6. The van der Waals surface area contributed by atoms with Crippen molar-refractivity contribution in [1.82, 2.24) is 35.1 Å². The van der Waals surface area contributed by atoms with Crippen LogP contribution in [-0.2, 0) is 16.1 Å². The number of benzene rings is 1. The fourth-order valence-electron chi connectivity index (χ4n) is 5.46. The lowest BCUT2D eigenvalue weighted by molar-refractivity contribution is -0.123. The third kappa shape index (κ3) is 8.93. The SMILES string of the molecule is CC(NC(=O)OC(C)(C)C)C(=O)NC1CCC(Nc2nc(NCc3ccc(-c4cccc(F)c4)nc3)c3ncn(C(C)C)c3n2)CC1. The summed E-state index contributed by atoms with van der Waals surface area (Å²) >= 11 is 0. The first-order chi connectivity index (χ1) is 22.3. The van der Waals surface area contributed by atoms with Crippen molar-refractivity contribution < 1.29 is 18.7 Å². The molecule has 3 aromatic heterocycles. The number of pyridine rings is 1. The molecule has 47 heavy (non-hydrogen) atoms. The molecule has 12 nitrogen and oxygen atoms in total. The van der Waals surface area contributed by atoms with Crippen LogP contribution in [0, 0.1) is 5.82 Å². The number of rotatable bonds is 10. The fourth-order valence-corrected chi connectivity index (χ4v) is 5.46. The number of ether oxygens (including phenoxy) is 1. The fraction of sp³-hybridized carbons (Fsp3) is 0.471. The van der Waals surface area contributed by atoms with Gasteiger partial charge in [-0.3, -0.25) is 9.78 Å². The average molecular weight is 646 g/mol. The number of halogens is 1. The Bertz CT molecular complexity index is 1690. The van der Waals surface area contributed by atoms with Crippen LogP contribution in [0.2, 0.25) is 0 Å². The Morgan fingerprint density at radius 3 is 2.43 bits per heavy atom. The molecule has 1 aromatic carbocycles. The topological polar surface area (TPSA) is 148 Å². The van der Waals surface area contributed by atoms with E-state index in [1.807, 2.05) is 22.8 Å². The van der Waals surface area contributed by atoms with Gasteiger partial charge in [-0.05, 0) is 91.0 Å². The monoisotopic (exact) mass is 645 g/mol. The smallest absolute Gasteiger partial charge is 0.408 e. The number of nitrogens with one attached hydrogen (secondary N) is 4. The Labute approximate surface area is 274 Å². The number of amides is 2. The van der Waals surface area contributed by atoms with Gasteiger partial charge < -0.3 is 30.6 Å². The Balaban J connectivity index is 1.20. The number of fused-ring (bicyclic) bond motifs is 1. The maximum Gasteiger partial charge on any atom is 0.408 e. The molecule has 0 spiro atoms. The highest BCUT2D eigenvalue weighted by Crippen LogP contribution is 2.27. The van der Waals surface area contributed by atoms with Gasteiger partial charge in [0.1, 0.15) is 17.5 Å². The van der Waals surface area contributed by atoms with Gasteiger partial charge in [0, 0.05) is 36.4 Å². The molecule has 1 saturated carbocycles. The zero-order valence-electron chi connectivity index (χ0n) is 27.8. The first kappa shape index (κ1) is 33.6. The van der Waals surface area contributed by atoms with E-state index in [1.54, 1.807) is 46.3 Å². The summed E-state index contributed by atoms with van der Waals surface area (Å²) in [6.45, 7) is 11.6. The number of anilines is 2. The summed E-state index contributed by atoms with van der Waals surface area (Å²) in [5.41, 5.74) is 3.12. The van der Waals surface area contributed by atoms with Gasteiger partial charge in [-0.2, -0.15) is 9.97 Å². The molecular weight excluding hydrogens is 601 g/mol. The van der Waals surface area contributed by atoms with E-state index in [4.69, 9.17) is 14.7 Å². The van der Waals surface area contributed by atoms with Gasteiger partial charge in [0.15, 0.2) is 17.0 Å². The molecule has 4 N–H and O–H groups in total. The zero-order valence-corrected chi connectivity index (χ0v) is 27.8. The number of carbonyl (C=O) groups is 2. The van der Waals surface area contributed by atoms with Crippen molar-refractivity contribution in [2.45, 2.75) is 104 Å². The molecule has 1 atom stereocenters. The molecule has 1 fully saturated rings. The van der Waals surface area contributed by atoms with E-state index in [-0.39, 0.29) is 29.8 Å². The van der Waals surface area contributed by atoms with Crippen molar-refractivity contribution in [3.63, 3.8) is 0 Å². The number of hydrogen-bond donors (Lipinski definition) is 4. The van der Waals surface area contributed by atoms with Crippen molar-refractivity contribution in [2.24, 2.45) is 0 Å². The van der Waals surface area contributed by atoms with Gasteiger partial charge in [-0.15, -0.1) is 0 Å². The summed E-state index contributed by atoms with van der Waals surface area (Å²) in [5, 5.41) is 12.6. The van der Waals surface area contributed by atoms with E-state index in [0.29, 0.717) is 29.5 Å². The summed E-state index contributed by atoms with van der Waals surface area (Å²) in [6.07, 6.45) is 6.11. The lowest BCUT2D eigenvalue weighted by Crippen LogP contribution is -2.50. The van der Waals surface area contributed by atoms with Crippen molar-refractivity contribution in [3.8, 4) is 11.3 Å². The van der Waals surface area contributed by atoms with Crippen LogP contribution in [0.25, 0.3) is 22.4 Å². The first-order valence-electron chi connectivity index (χ1n) is 16.1. The molecule has 0 saturated heterocycles. The van der Waals surface area contributed by atoms with Crippen LogP contribution in [0.5, 0.6) is 0 Å². The predicted octanol–water partition coefficient (Wildman–Crippen LogP) is 5.97. The average Bonchev–Trinajstić information content (AvgIpc) is 3.45. The first-order valence-corrected chi connectivity index (χ1v) is 16.1. The second-order valence-electron chi connectivity index (χ2n) is 13.3. The van der Waals surface area contributed by atoms with E-state index in [2.05, 4.69) is 45.1 Å². The molecule has 0 radical (unpaired) electrons. The number of carbonyl (C=O) groups excluding carboxylic acids is 2. The lowest BCUT2D eigenvalue weighted by Gasteiger charge is -2.30. The second kappa shape index (κ2) is 14.3. The lowest BCUT2D eigenvalue weighted by atomic mass is 9.91. The summed E-state index contributed by atoms with van der Waals surface area (Å²) in [6, 6.07) is 9.78. The maximum absolute atomic E-state index is 13.7. The minimum Gasteiger partial charge on any atom is -0.444 e. The quantitative estimate of drug-likeness (QED) is 0.164. The van der Waals surface area contributed by atoms with Crippen LogP contribution < -0.4 is 21.3 Å². The van der Waals surface area contributed by atoms with E-state index >= 15 is 0 Å². The normalized spacial score (nSPS) is 17.3. The highest BCUT2D eigenvalue weighted by molar-refractivity contribution is 5.86. The van der Waals surface area contributed by atoms with Crippen LogP contribution in [0.15, 0.2) is 48.9 Å². The number of hydrogen-bond acceptors (Lipinski definition) is 9. The molecular formula is C34H44FN9O3. The molecule has 0 bridgehead atoms. The van der Waals surface area contributed by atoms with Crippen molar-refractivity contribution in [3.05, 3.63) is 60.3 Å². The van der Waals surface area contributed by atoms with Gasteiger partial charge in [-0.25, -0.2) is 14.2 Å². The number of alkyl carbamates (subject to hydrolysis) is 1. The molecule has 1 aliphatic carbocycles. The third-order valence-corrected chi connectivity index (χ3v) is 7.92. The summed E-state index contributed by atoms with van der Waals surface area (Å²) in [7, 11) is 0. The Hall–Kier alpha value is -4.81. The third-order valence-electron chi connectivity index (χ3n) is 7.92. The van der Waals surface area contributed by atoms with Crippen LogP contribution in [0.1, 0.15) is 78.8 Å². The van der Waals surface area contributed by atoms with Crippen LogP contribution in [0.3, 0.4) is 0 Å². The minimum absolute atomic E-state index is 0.00680. The van der Waals surface area contributed by atoms with Gasteiger partial charge in [0.2, 0.25) is 11.9 Å². The maximum atomic E-state index is 13.7. The largest absolute Gasteiger partial charge is 0.444 e. The van der Waals surface area contributed by atoms with Crippen LogP contribution in [0.4, 0.5) is 21.0 Å². The van der Waals surface area contributed by atoms with Gasteiger partial charge in [0.25, 0.3) is 0 Å². The molecule has 5 rings (SSSR count). The van der Waals surface area contributed by atoms with Crippen molar-refractivity contribution in [1.29, 1.82) is 0 Å². The predicted molar refractivity (Wildman–Crippen MR) is 179 cm³/mol. The summed E-state index contributed by atoms with van der Waals surface area (Å²) in [5.74, 6) is 0.577. The molecule has 1 aliphatic rings. The standard InChI is InChI=1S/C34H44FN9O3/c1-20(2)44-19-38-28-29(37-18-22-10-15-27(36-17-22)23-8-7-9-24(35)16-23)42-32(43-30(28)44)41-26-13-11-25(12-14-26)40-31(45)21(3)39-33(46)47-34(4,5)6/h7-10,15-17,19-21,25-26H,11-14,18H2,1-6H3,(H,39,46)(H,40,45)(H2,37,41,42,43). The minimum atomic E-state index is -0.709. The molecule has 4 aromatic rings. The molecule has 3 heterocycles. The van der Waals surface area contributed by atoms with E-state index in [9.17, 15) is 14.0 Å². The van der Waals surface area contributed by atoms with Gasteiger partial charge in [0.05, 0.1) is 12.0 Å². The molecule has 1 unspecified atom stereocenters. The van der Waals surface area contributed by atoms with Crippen molar-refractivity contribution >= 4 is 34.9 Å². The Morgan fingerprint density at radius 2 is 1.77 bits per heavy atom. The Kier molecular flexibility index (Phi) is 10.2. The number of imidazole rings is 1. The van der Waals surface area contributed by atoms with E-state index < -0.39 is 17.7 Å². The molecule has 250 valence electrons. The van der Waals surface area contributed by atoms with Crippen LogP contribution >= 0.6 is 0 Å². The molecule has 13 heteroatoms. The summed E-state index contributed by atoms with van der Waals surface area (Å²) < 4.78 is 20.9. The van der Waals surface area contributed by atoms with Gasteiger partial charge >= 0.3 is 6.09 Å². The highest BCUT2D eigenvalue weighted by Gasteiger charge is 2.27.